The van der Waals surface area contributed by atoms with Gasteiger partial charge in [-0.05, 0) is 50.8 Å². The van der Waals surface area contributed by atoms with Gasteiger partial charge in [-0.1, -0.05) is 26.3 Å². The van der Waals surface area contributed by atoms with Crippen LogP contribution in [-0.2, 0) is 0 Å². The van der Waals surface area contributed by atoms with E-state index >= 15 is 0 Å². The fraction of sp³-hybridized carbons (Fsp3) is 0.778. The second-order valence-electron chi connectivity index (χ2n) is 3.40. The molecule has 1 aliphatic rings. The Morgan fingerprint density at radius 1 is 1.30 bits per heavy atom. The average molecular weight is 250 g/mol. The molecule has 0 radical (unpaired) electrons. The molecule has 0 aromatic rings. The molecule has 1 saturated carbocycles. The van der Waals surface area contributed by atoms with Crippen molar-refractivity contribution in [3.63, 3.8) is 0 Å². The monoisotopic (exact) mass is 250 g/mol. The van der Waals surface area contributed by atoms with Crippen LogP contribution in [0, 0.1) is 11.8 Å². The Morgan fingerprint density at radius 2 is 1.80 bits per heavy atom. The first-order valence-electron chi connectivity index (χ1n) is 4.04. The van der Waals surface area contributed by atoms with Gasteiger partial charge in [0, 0.05) is 0 Å². The van der Waals surface area contributed by atoms with Gasteiger partial charge in [0.1, 0.15) is 0 Å². The predicted molar refractivity (Wildman–Crippen MR) is 54.3 cm³/mol. The maximum Gasteiger partial charge on any atom is -0.0110 e. The molecule has 0 saturated heterocycles. The molecular weight excluding hydrogens is 235 g/mol. The van der Waals surface area contributed by atoms with Crippen LogP contribution in [0.5, 0.6) is 0 Å². The van der Waals surface area contributed by atoms with Gasteiger partial charge < -0.3 is 0 Å². The van der Waals surface area contributed by atoms with Crippen molar-refractivity contribution in [1.29, 1.82) is 0 Å². The molecule has 1 heteroatoms. The van der Waals surface area contributed by atoms with Crippen molar-refractivity contribution >= 4 is 22.6 Å². The third kappa shape index (κ3) is 2.26. The summed E-state index contributed by atoms with van der Waals surface area (Å²) in [6.07, 6.45) is 5.57. The summed E-state index contributed by atoms with van der Waals surface area (Å²) >= 11 is 2.37. The smallest absolute Gasteiger partial charge is 0.0110 e. The summed E-state index contributed by atoms with van der Waals surface area (Å²) in [6.45, 7) is 6.34. The Bertz CT molecular complexity index is 121. The van der Waals surface area contributed by atoms with Gasteiger partial charge in [-0.15, -0.1) is 0 Å². The highest BCUT2D eigenvalue weighted by molar-refractivity contribution is 14.1. The van der Waals surface area contributed by atoms with Crippen LogP contribution >= 0.6 is 22.6 Å². The van der Waals surface area contributed by atoms with Crippen molar-refractivity contribution in [1.82, 2.24) is 0 Å². The number of halogens is 1. The molecule has 0 heterocycles. The second-order valence-corrected chi connectivity index (χ2v) is 4.79. The lowest BCUT2D eigenvalue weighted by atomic mass is 9.83. The van der Waals surface area contributed by atoms with E-state index in [1.165, 1.54) is 29.3 Å². The van der Waals surface area contributed by atoms with E-state index in [0.717, 1.165) is 11.8 Å². The third-order valence-corrected chi connectivity index (χ3v) is 3.34. The molecule has 58 valence electrons. The van der Waals surface area contributed by atoms with Crippen LogP contribution in [0.2, 0.25) is 0 Å². The fourth-order valence-electron chi connectivity index (χ4n) is 1.57. The van der Waals surface area contributed by atoms with Crippen LogP contribution in [0.25, 0.3) is 0 Å². The molecule has 1 aliphatic carbocycles. The van der Waals surface area contributed by atoms with Crippen molar-refractivity contribution in [3.05, 3.63) is 10.2 Å². The average Bonchev–Trinajstić information content (AvgIpc) is 1.88. The van der Waals surface area contributed by atoms with Crippen LogP contribution in [0.4, 0.5) is 0 Å². The highest BCUT2D eigenvalue weighted by atomic mass is 127. The summed E-state index contributed by atoms with van der Waals surface area (Å²) < 4.78 is 1.37. The molecular formula is C9H15I. The van der Waals surface area contributed by atoms with Crippen molar-refractivity contribution in [2.45, 2.75) is 32.6 Å². The Morgan fingerprint density at radius 3 is 2.20 bits per heavy atom. The first-order chi connectivity index (χ1) is 4.70. The van der Waals surface area contributed by atoms with E-state index < -0.39 is 0 Å². The molecule has 0 spiro atoms. The molecule has 0 unspecified atom stereocenters. The minimum absolute atomic E-state index is 0.830. The molecule has 0 bridgehead atoms. The highest BCUT2D eigenvalue weighted by Crippen LogP contribution is 2.34. The first-order valence-corrected chi connectivity index (χ1v) is 5.12. The molecule has 0 nitrogen and oxygen atoms in total. The maximum absolute atomic E-state index is 3.99. The van der Waals surface area contributed by atoms with Gasteiger partial charge in [0.2, 0.25) is 0 Å². The van der Waals surface area contributed by atoms with Gasteiger partial charge in [0.05, 0.1) is 0 Å². The van der Waals surface area contributed by atoms with E-state index in [-0.39, 0.29) is 0 Å². The van der Waals surface area contributed by atoms with Gasteiger partial charge in [-0.3, -0.25) is 0 Å². The zero-order chi connectivity index (χ0) is 7.56. The molecule has 1 rings (SSSR count). The van der Waals surface area contributed by atoms with Crippen LogP contribution in [0.3, 0.4) is 0 Å². The van der Waals surface area contributed by atoms with E-state index in [9.17, 15) is 0 Å². The first kappa shape index (κ1) is 8.57. The normalized spacial score (nSPS) is 33.8. The lowest BCUT2D eigenvalue weighted by Gasteiger charge is -2.25. The lowest BCUT2D eigenvalue weighted by Crippen LogP contribution is -2.11. The number of hydrogen-bond donors (Lipinski definition) is 0. The van der Waals surface area contributed by atoms with E-state index in [1.807, 2.05) is 0 Å². The molecule has 0 aliphatic heterocycles. The fourth-order valence-corrected chi connectivity index (χ4v) is 2.20. The van der Waals surface area contributed by atoms with Gasteiger partial charge in [0.25, 0.3) is 0 Å². The summed E-state index contributed by atoms with van der Waals surface area (Å²) in [4.78, 5) is 0. The maximum atomic E-state index is 3.99. The minimum Gasteiger partial charge on any atom is -0.0894 e. The standard InChI is InChI=1S/C9H15I/c1-7-3-5-9(6-4-7)8(2)10/h7,9H,2-6H2,1H3. The molecule has 0 amide bonds. The zero-order valence-corrected chi connectivity index (χ0v) is 8.73. The molecule has 1 fully saturated rings. The predicted octanol–water partition coefficient (Wildman–Crippen LogP) is 3.76. The largest absolute Gasteiger partial charge is 0.0894 e. The van der Waals surface area contributed by atoms with Crippen molar-refractivity contribution in [2.24, 2.45) is 11.8 Å². The van der Waals surface area contributed by atoms with Gasteiger partial charge >= 0.3 is 0 Å². The van der Waals surface area contributed by atoms with Crippen molar-refractivity contribution in [2.75, 3.05) is 0 Å². The zero-order valence-electron chi connectivity index (χ0n) is 6.57. The summed E-state index contributed by atoms with van der Waals surface area (Å²) in [5.41, 5.74) is 0. The third-order valence-electron chi connectivity index (χ3n) is 2.46. The Labute approximate surface area is 77.2 Å². The van der Waals surface area contributed by atoms with Crippen LogP contribution < -0.4 is 0 Å². The molecule has 10 heavy (non-hydrogen) atoms. The minimum atomic E-state index is 0.830. The quantitative estimate of drug-likeness (QED) is 0.621. The van der Waals surface area contributed by atoms with Gasteiger partial charge in [-0.2, -0.15) is 0 Å². The summed E-state index contributed by atoms with van der Waals surface area (Å²) in [5, 5.41) is 0. The highest BCUT2D eigenvalue weighted by Gasteiger charge is 2.18. The molecule has 0 atom stereocenters. The number of allylic oxidation sites excluding steroid dienone is 1. The summed E-state index contributed by atoms with van der Waals surface area (Å²) in [6, 6.07) is 0. The van der Waals surface area contributed by atoms with Crippen LogP contribution in [0.15, 0.2) is 10.2 Å². The van der Waals surface area contributed by atoms with E-state index in [2.05, 4.69) is 36.1 Å². The Hall–Kier alpha value is 0.470. The van der Waals surface area contributed by atoms with E-state index in [0.29, 0.717) is 0 Å². The van der Waals surface area contributed by atoms with Crippen LogP contribution in [0.1, 0.15) is 32.6 Å². The summed E-state index contributed by atoms with van der Waals surface area (Å²) in [7, 11) is 0. The van der Waals surface area contributed by atoms with Gasteiger partial charge in [-0.25, -0.2) is 0 Å². The van der Waals surface area contributed by atoms with E-state index in [1.54, 1.807) is 0 Å². The van der Waals surface area contributed by atoms with Crippen molar-refractivity contribution < 1.29 is 0 Å². The summed E-state index contributed by atoms with van der Waals surface area (Å²) in [5.74, 6) is 1.80. The molecule has 0 aromatic carbocycles. The number of rotatable bonds is 1. The van der Waals surface area contributed by atoms with Gasteiger partial charge in [0.15, 0.2) is 0 Å². The Kier molecular flexibility index (Phi) is 3.21. The topological polar surface area (TPSA) is 0 Å². The van der Waals surface area contributed by atoms with Crippen molar-refractivity contribution in [3.8, 4) is 0 Å². The molecule has 0 N–H and O–H groups in total. The Balaban J connectivity index is 2.33. The lowest BCUT2D eigenvalue weighted by molar-refractivity contribution is 0.329. The molecule has 0 aromatic heterocycles. The van der Waals surface area contributed by atoms with E-state index in [4.69, 9.17) is 0 Å². The van der Waals surface area contributed by atoms with Crippen LogP contribution in [-0.4, -0.2) is 0 Å². The number of hydrogen-bond acceptors (Lipinski definition) is 0. The second kappa shape index (κ2) is 3.74. The SMILES string of the molecule is C=C(I)C1CCC(C)CC1.